The summed E-state index contributed by atoms with van der Waals surface area (Å²) in [5.74, 6) is -1.53. The lowest BCUT2D eigenvalue weighted by molar-refractivity contribution is -0.385. The number of nitrogens with zero attached hydrogens (tertiary/aromatic N) is 1. The van der Waals surface area contributed by atoms with Crippen molar-refractivity contribution in [3.8, 4) is 16.9 Å². The van der Waals surface area contributed by atoms with E-state index in [0.29, 0.717) is 6.07 Å². The number of non-ortho nitro benzene ring substituents is 1. The minimum Gasteiger partial charge on any atom is -0.421 e. The molecule has 0 heterocycles. The van der Waals surface area contributed by atoms with Gasteiger partial charge in [0, 0.05) is 6.07 Å². The number of hydrogen-bond donors (Lipinski definition) is 0. The van der Waals surface area contributed by atoms with Crippen molar-refractivity contribution in [2.45, 2.75) is 25.9 Å². The number of nitro benzene ring substituents is 1. The number of halogens is 4. The number of nitro groups is 1. The van der Waals surface area contributed by atoms with Crippen LogP contribution in [0.2, 0.25) is 0 Å². The van der Waals surface area contributed by atoms with Gasteiger partial charge >= 0.3 is 12.1 Å². The average Bonchev–Trinajstić information content (AvgIpc) is 2.75. The number of hydrogen-bond acceptors (Lipinski definition) is 4. The molecule has 0 aliphatic carbocycles. The lowest BCUT2D eigenvalue weighted by Gasteiger charge is -2.13. The molecular weight excluding hydrogens is 491 g/mol. The average molecular weight is 508 g/mol. The first kappa shape index (κ1) is 23.5. The number of alkyl halides is 3. The molecule has 0 saturated heterocycles. The first-order chi connectivity index (χ1) is 15.1. The quantitative estimate of drug-likeness (QED) is 0.153. The molecule has 3 aromatic carbocycles. The first-order valence-electron chi connectivity index (χ1n) is 9.57. The second-order valence-corrected chi connectivity index (χ2v) is 7.77. The van der Waals surface area contributed by atoms with Gasteiger partial charge in [-0.3, -0.25) is 10.1 Å². The monoisotopic (exact) mass is 507 g/mol. The second kappa shape index (κ2) is 9.52. The van der Waals surface area contributed by atoms with Crippen LogP contribution < -0.4 is 4.74 Å². The van der Waals surface area contributed by atoms with Crippen LogP contribution in [0.1, 0.15) is 34.8 Å². The van der Waals surface area contributed by atoms with E-state index in [0.717, 1.165) is 30.0 Å². The zero-order valence-corrected chi connectivity index (χ0v) is 18.4. The van der Waals surface area contributed by atoms with Crippen molar-refractivity contribution in [2.24, 2.45) is 0 Å². The molecule has 0 aliphatic heterocycles. The number of benzene rings is 3. The molecule has 166 valence electrons. The summed E-state index contributed by atoms with van der Waals surface area (Å²) >= 11 is 2.74. The Balaban J connectivity index is 1.84. The Labute approximate surface area is 190 Å². The van der Waals surface area contributed by atoms with Gasteiger partial charge in [-0.05, 0) is 51.2 Å². The molecule has 32 heavy (non-hydrogen) atoms. The molecule has 0 atom stereocenters. The normalized spacial score (nSPS) is 11.3. The number of carbonyl (C=O) groups is 1. The summed E-state index contributed by atoms with van der Waals surface area (Å²) in [5.41, 5.74) is 0.948. The number of aryl methyl sites for hydroxylation is 1. The van der Waals surface area contributed by atoms with Crippen LogP contribution in [0.4, 0.5) is 18.9 Å². The largest absolute Gasteiger partial charge is 0.421 e. The van der Waals surface area contributed by atoms with Gasteiger partial charge in [0.25, 0.3) is 5.69 Å². The molecule has 0 bridgehead atoms. The molecular formula is C23H17BrF3NO4. The highest BCUT2D eigenvalue weighted by molar-refractivity contribution is 9.10. The van der Waals surface area contributed by atoms with Crippen LogP contribution in [-0.4, -0.2) is 10.9 Å². The lowest BCUT2D eigenvalue weighted by Crippen LogP contribution is -2.12. The Morgan fingerprint density at radius 2 is 1.59 bits per heavy atom. The van der Waals surface area contributed by atoms with Gasteiger partial charge in [0.05, 0.1) is 26.6 Å². The van der Waals surface area contributed by atoms with E-state index in [2.05, 4.69) is 22.9 Å². The molecule has 0 radical (unpaired) electrons. The molecule has 9 heteroatoms. The van der Waals surface area contributed by atoms with Crippen molar-refractivity contribution in [2.75, 3.05) is 0 Å². The van der Waals surface area contributed by atoms with Crippen molar-refractivity contribution in [1.29, 1.82) is 0 Å². The zero-order valence-electron chi connectivity index (χ0n) is 16.8. The predicted molar refractivity (Wildman–Crippen MR) is 117 cm³/mol. The maximum absolute atomic E-state index is 13.2. The van der Waals surface area contributed by atoms with Crippen LogP contribution in [-0.2, 0) is 12.6 Å². The van der Waals surface area contributed by atoms with Crippen LogP contribution in [0, 0.1) is 10.1 Å². The summed E-state index contributed by atoms with van der Waals surface area (Å²) < 4.78 is 44.1. The van der Waals surface area contributed by atoms with E-state index in [9.17, 15) is 28.1 Å². The summed E-state index contributed by atoms with van der Waals surface area (Å²) in [6, 6.07) is 15.5. The Kier molecular flexibility index (Phi) is 6.98. The topological polar surface area (TPSA) is 69.4 Å². The predicted octanol–water partition coefficient (Wildman–Crippen LogP) is 7.21. The molecule has 0 aromatic heterocycles. The molecule has 0 spiro atoms. The number of rotatable bonds is 6. The zero-order chi connectivity index (χ0) is 23.5. The summed E-state index contributed by atoms with van der Waals surface area (Å²) in [7, 11) is 0. The fourth-order valence-corrected chi connectivity index (χ4v) is 3.61. The maximum Gasteiger partial charge on any atom is 0.417 e. The van der Waals surface area contributed by atoms with Gasteiger partial charge in [0.15, 0.2) is 5.75 Å². The van der Waals surface area contributed by atoms with Crippen LogP contribution >= 0.6 is 15.9 Å². The van der Waals surface area contributed by atoms with Crippen molar-refractivity contribution in [3.05, 3.63) is 91.9 Å². The van der Waals surface area contributed by atoms with E-state index in [1.807, 2.05) is 24.3 Å². The van der Waals surface area contributed by atoms with Crippen molar-refractivity contribution in [1.82, 2.24) is 0 Å². The molecule has 0 amide bonds. The number of carbonyl (C=O) groups excluding carboxylic acids is 1. The van der Waals surface area contributed by atoms with Crippen LogP contribution in [0.5, 0.6) is 5.75 Å². The van der Waals surface area contributed by atoms with E-state index in [1.165, 1.54) is 17.7 Å². The van der Waals surface area contributed by atoms with Gasteiger partial charge in [-0.25, -0.2) is 4.79 Å². The van der Waals surface area contributed by atoms with Crippen molar-refractivity contribution in [3.63, 3.8) is 0 Å². The van der Waals surface area contributed by atoms with Gasteiger partial charge in [0.2, 0.25) is 0 Å². The second-order valence-electron chi connectivity index (χ2n) is 6.97. The number of esters is 1. The number of ether oxygens (including phenoxy) is 1. The van der Waals surface area contributed by atoms with E-state index in [-0.39, 0.29) is 5.56 Å². The highest BCUT2D eigenvalue weighted by atomic mass is 79.9. The van der Waals surface area contributed by atoms with Gasteiger partial charge in [0.1, 0.15) is 0 Å². The molecule has 0 unspecified atom stereocenters. The Bertz CT molecular complexity index is 1140. The lowest BCUT2D eigenvalue weighted by atomic mass is 10.0. The summed E-state index contributed by atoms with van der Waals surface area (Å²) in [6.07, 6.45) is -2.85. The molecule has 0 fully saturated rings. The summed E-state index contributed by atoms with van der Waals surface area (Å²) in [5, 5.41) is 11.0. The SMILES string of the molecule is CCCc1ccc(-c2ccc(C(=O)Oc3cc([N+](=O)[O-])cc(C(F)(F)F)c3Br)cc2)cc1. The van der Waals surface area contributed by atoms with Gasteiger partial charge in [-0.15, -0.1) is 0 Å². The minimum absolute atomic E-state index is 0.0864. The molecule has 0 aliphatic rings. The van der Waals surface area contributed by atoms with E-state index < -0.39 is 38.5 Å². The third kappa shape index (κ3) is 5.34. The van der Waals surface area contributed by atoms with Gasteiger partial charge < -0.3 is 4.74 Å². The van der Waals surface area contributed by atoms with E-state index in [4.69, 9.17) is 4.74 Å². The van der Waals surface area contributed by atoms with Gasteiger partial charge in [-0.2, -0.15) is 13.2 Å². The maximum atomic E-state index is 13.2. The fraction of sp³-hybridized carbons (Fsp3) is 0.174. The molecule has 0 saturated carbocycles. The van der Waals surface area contributed by atoms with Crippen LogP contribution in [0.3, 0.4) is 0 Å². The van der Waals surface area contributed by atoms with Crippen molar-refractivity contribution < 1.29 is 27.6 Å². The highest BCUT2D eigenvalue weighted by Crippen LogP contribution is 2.42. The third-order valence-corrected chi connectivity index (χ3v) is 5.51. The Hall–Kier alpha value is -3.20. The molecule has 3 aromatic rings. The molecule has 3 rings (SSSR count). The van der Waals surface area contributed by atoms with Crippen LogP contribution in [0.15, 0.2) is 65.1 Å². The first-order valence-corrected chi connectivity index (χ1v) is 10.4. The van der Waals surface area contributed by atoms with Crippen LogP contribution in [0.25, 0.3) is 11.1 Å². The van der Waals surface area contributed by atoms with Crippen molar-refractivity contribution >= 4 is 27.6 Å². The fourth-order valence-electron chi connectivity index (χ4n) is 3.08. The van der Waals surface area contributed by atoms with E-state index in [1.54, 1.807) is 12.1 Å². The van der Waals surface area contributed by atoms with Gasteiger partial charge in [-0.1, -0.05) is 49.7 Å². The summed E-state index contributed by atoms with van der Waals surface area (Å²) in [6.45, 7) is 2.10. The Morgan fingerprint density at radius 3 is 2.09 bits per heavy atom. The highest BCUT2D eigenvalue weighted by Gasteiger charge is 2.37. The minimum atomic E-state index is -4.87. The van der Waals surface area contributed by atoms with E-state index >= 15 is 0 Å². The molecule has 5 nitrogen and oxygen atoms in total. The Morgan fingerprint density at radius 1 is 1.03 bits per heavy atom. The summed E-state index contributed by atoms with van der Waals surface area (Å²) in [4.78, 5) is 22.5. The smallest absolute Gasteiger partial charge is 0.417 e. The standard InChI is InChI=1S/C23H17BrF3NO4/c1-2-3-14-4-6-15(7-5-14)16-8-10-17(11-9-16)22(29)32-20-13-18(28(30)31)12-19(21(20)24)23(25,26)27/h4-13H,2-3H2,1H3. The third-order valence-electron chi connectivity index (χ3n) is 4.69. The molecule has 0 N–H and O–H groups in total.